The maximum absolute atomic E-state index is 7.88. The second-order valence-electron chi connectivity index (χ2n) is 2.38. The number of aliphatic hydroxyl groups excluding tert-OH is 1. The van der Waals surface area contributed by atoms with E-state index in [1.807, 2.05) is 39.0 Å². The van der Waals surface area contributed by atoms with Crippen LogP contribution in [0.3, 0.4) is 0 Å². The molecule has 0 aliphatic heterocycles. The molecule has 0 radical (unpaired) electrons. The van der Waals surface area contributed by atoms with Crippen molar-refractivity contribution in [2.45, 2.75) is 34.1 Å². The summed E-state index contributed by atoms with van der Waals surface area (Å²) in [5.74, 6) is 0. The summed E-state index contributed by atoms with van der Waals surface area (Å²) < 4.78 is 0. The maximum Gasteiger partial charge on any atom is 0.0428 e. The Labute approximate surface area is 82.4 Å². The molecule has 0 unspecified atom stereocenters. The van der Waals surface area contributed by atoms with Crippen LogP contribution >= 0.6 is 0 Å². The molecule has 13 heavy (non-hydrogen) atoms. The summed E-state index contributed by atoms with van der Waals surface area (Å²) in [4.78, 5) is 0. The van der Waals surface area contributed by atoms with Gasteiger partial charge in [-0.15, -0.1) is 0 Å². The van der Waals surface area contributed by atoms with Crippen LogP contribution in [0.15, 0.2) is 30.3 Å². The van der Waals surface area contributed by atoms with Crippen LogP contribution in [0, 0.1) is 6.92 Å². The number of rotatable bonds is 1. The topological polar surface area (TPSA) is 20.2 Å². The number of hydrogen-bond donors (Lipinski definition) is 1. The van der Waals surface area contributed by atoms with E-state index in [2.05, 4.69) is 19.1 Å². The Morgan fingerprint density at radius 1 is 1.08 bits per heavy atom. The van der Waals surface area contributed by atoms with Crippen LogP contribution in [0.5, 0.6) is 0 Å². The van der Waals surface area contributed by atoms with Gasteiger partial charge in [0.1, 0.15) is 0 Å². The van der Waals surface area contributed by atoms with Gasteiger partial charge in [-0.2, -0.15) is 0 Å². The highest BCUT2D eigenvalue weighted by Gasteiger charge is 1.72. The van der Waals surface area contributed by atoms with Crippen molar-refractivity contribution in [3.05, 3.63) is 35.9 Å². The van der Waals surface area contributed by atoms with Crippen LogP contribution in [0.2, 0.25) is 0 Å². The van der Waals surface area contributed by atoms with E-state index < -0.39 is 0 Å². The first-order chi connectivity index (χ1) is 6.31. The number of hydrogen-bond acceptors (Lipinski definition) is 1. The zero-order valence-corrected chi connectivity index (χ0v) is 9.25. The van der Waals surface area contributed by atoms with Gasteiger partial charge < -0.3 is 5.11 Å². The molecular formula is C12H22O. The third-order valence-corrected chi connectivity index (χ3v) is 1.16. The fourth-order valence-electron chi connectivity index (χ4n) is 0.534. The van der Waals surface area contributed by atoms with Crippen LogP contribution in [0.4, 0.5) is 0 Å². The molecule has 0 aromatic heterocycles. The fraction of sp³-hybridized carbons (Fsp3) is 0.500. The summed E-state index contributed by atoms with van der Waals surface area (Å²) in [6, 6.07) is 10.3. The summed E-state index contributed by atoms with van der Waals surface area (Å²) >= 11 is 0. The normalized spacial score (nSPS) is 7.46. The van der Waals surface area contributed by atoms with Crippen LogP contribution < -0.4 is 0 Å². The van der Waals surface area contributed by atoms with Crippen LogP contribution in [-0.2, 0) is 0 Å². The zero-order chi connectivity index (χ0) is 10.5. The lowest BCUT2D eigenvalue weighted by Gasteiger charge is -1.82. The van der Waals surface area contributed by atoms with Crippen molar-refractivity contribution in [3.63, 3.8) is 0 Å². The highest BCUT2D eigenvalue weighted by molar-refractivity contribution is 5.11. The van der Waals surface area contributed by atoms with E-state index in [-0.39, 0.29) is 0 Å². The molecule has 1 heteroatoms. The van der Waals surface area contributed by atoms with Crippen molar-refractivity contribution < 1.29 is 5.11 Å². The van der Waals surface area contributed by atoms with Crippen molar-refractivity contribution in [2.75, 3.05) is 6.61 Å². The molecule has 1 nitrogen and oxygen atoms in total. The highest BCUT2D eigenvalue weighted by atomic mass is 16.2. The van der Waals surface area contributed by atoms with E-state index in [1.54, 1.807) is 0 Å². The van der Waals surface area contributed by atoms with Gasteiger partial charge in [-0.05, 0) is 13.3 Å². The molecule has 0 fully saturated rings. The smallest absolute Gasteiger partial charge is 0.0428 e. The number of aryl methyl sites for hydroxylation is 1. The second kappa shape index (κ2) is 13.7. The number of aliphatic hydroxyl groups is 1. The van der Waals surface area contributed by atoms with Gasteiger partial charge in [0.05, 0.1) is 0 Å². The van der Waals surface area contributed by atoms with Crippen molar-refractivity contribution in [2.24, 2.45) is 0 Å². The largest absolute Gasteiger partial charge is 0.396 e. The molecule has 0 saturated heterocycles. The lowest BCUT2D eigenvalue weighted by Crippen LogP contribution is -1.69. The molecule has 0 heterocycles. The molecule has 76 valence electrons. The lowest BCUT2D eigenvalue weighted by atomic mass is 10.2. The molecule has 0 bridgehead atoms. The number of benzene rings is 1. The quantitative estimate of drug-likeness (QED) is 0.705. The molecular weight excluding hydrogens is 160 g/mol. The van der Waals surface area contributed by atoms with Gasteiger partial charge in [-0.1, -0.05) is 56.7 Å². The van der Waals surface area contributed by atoms with E-state index in [0.717, 1.165) is 6.42 Å². The lowest BCUT2D eigenvalue weighted by molar-refractivity contribution is 0.295. The van der Waals surface area contributed by atoms with E-state index in [0.29, 0.717) is 6.61 Å². The van der Waals surface area contributed by atoms with Gasteiger partial charge in [0.25, 0.3) is 0 Å². The van der Waals surface area contributed by atoms with Gasteiger partial charge >= 0.3 is 0 Å². The summed E-state index contributed by atoms with van der Waals surface area (Å²) in [6.07, 6.45) is 0.875. The summed E-state index contributed by atoms with van der Waals surface area (Å²) in [7, 11) is 0. The van der Waals surface area contributed by atoms with E-state index in [1.165, 1.54) is 5.56 Å². The van der Waals surface area contributed by atoms with Gasteiger partial charge in [-0.3, -0.25) is 0 Å². The Hall–Kier alpha value is -0.820. The third-order valence-electron chi connectivity index (χ3n) is 1.16. The standard InChI is InChI=1S/C7H8.C3H8O.C2H6/c1-7-5-3-2-4-6-7;1-2-3-4;1-2/h2-6H,1H3;4H,2-3H2,1H3;1-2H3. The van der Waals surface area contributed by atoms with Gasteiger partial charge in [-0.25, -0.2) is 0 Å². The molecule has 0 amide bonds. The second-order valence-corrected chi connectivity index (χ2v) is 2.38. The van der Waals surface area contributed by atoms with Crippen molar-refractivity contribution in [1.29, 1.82) is 0 Å². The molecule has 0 saturated carbocycles. The average molecular weight is 182 g/mol. The molecule has 0 spiro atoms. The predicted octanol–water partition coefficient (Wildman–Crippen LogP) is 3.41. The maximum atomic E-state index is 7.88. The van der Waals surface area contributed by atoms with E-state index >= 15 is 0 Å². The van der Waals surface area contributed by atoms with Crippen LogP contribution in [0.25, 0.3) is 0 Å². The van der Waals surface area contributed by atoms with Crippen LogP contribution in [0.1, 0.15) is 32.8 Å². The molecule has 0 aliphatic carbocycles. The summed E-state index contributed by atoms with van der Waals surface area (Å²) in [5.41, 5.74) is 1.32. The minimum atomic E-state index is 0.319. The van der Waals surface area contributed by atoms with E-state index in [9.17, 15) is 0 Å². The Balaban J connectivity index is 0. The van der Waals surface area contributed by atoms with Crippen molar-refractivity contribution >= 4 is 0 Å². The monoisotopic (exact) mass is 182 g/mol. The molecule has 1 rings (SSSR count). The van der Waals surface area contributed by atoms with Gasteiger partial charge in [0, 0.05) is 6.61 Å². The Bertz CT molecular complexity index is 156. The average Bonchev–Trinajstić information content (AvgIpc) is 2.22. The Morgan fingerprint density at radius 3 is 1.62 bits per heavy atom. The Kier molecular flexibility index (Phi) is 15.5. The van der Waals surface area contributed by atoms with E-state index in [4.69, 9.17) is 5.11 Å². The third kappa shape index (κ3) is 14.1. The van der Waals surface area contributed by atoms with Crippen molar-refractivity contribution in [1.82, 2.24) is 0 Å². The molecule has 1 aromatic rings. The minimum absolute atomic E-state index is 0.319. The fourth-order valence-corrected chi connectivity index (χ4v) is 0.534. The summed E-state index contributed by atoms with van der Waals surface area (Å²) in [5, 5.41) is 7.88. The first kappa shape index (κ1) is 14.7. The highest BCUT2D eigenvalue weighted by Crippen LogP contribution is 1.92. The SMILES string of the molecule is CC.CCCO.Cc1ccccc1. The van der Waals surface area contributed by atoms with Crippen LogP contribution in [-0.4, -0.2) is 11.7 Å². The first-order valence-corrected chi connectivity index (χ1v) is 4.93. The molecule has 0 aliphatic rings. The first-order valence-electron chi connectivity index (χ1n) is 4.93. The predicted molar refractivity (Wildman–Crippen MR) is 59.9 cm³/mol. The molecule has 0 atom stereocenters. The zero-order valence-electron chi connectivity index (χ0n) is 9.25. The molecule has 1 N–H and O–H groups in total. The minimum Gasteiger partial charge on any atom is -0.396 e. The summed E-state index contributed by atoms with van der Waals surface area (Å²) in [6.45, 7) is 8.33. The van der Waals surface area contributed by atoms with Gasteiger partial charge in [0.15, 0.2) is 0 Å². The van der Waals surface area contributed by atoms with Gasteiger partial charge in [0.2, 0.25) is 0 Å². The Morgan fingerprint density at radius 2 is 1.46 bits per heavy atom. The van der Waals surface area contributed by atoms with Crippen molar-refractivity contribution in [3.8, 4) is 0 Å². The molecule has 1 aromatic carbocycles.